The number of piperidine rings is 1. The van der Waals surface area contributed by atoms with E-state index in [1.54, 1.807) is 6.07 Å². The van der Waals surface area contributed by atoms with E-state index in [1.165, 1.54) is 6.42 Å². The van der Waals surface area contributed by atoms with Gasteiger partial charge in [-0.3, -0.25) is 9.59 Å². The molecule has 1 heterocycles. The van der Waals surface area contributed by atoms with E-state index >= 15 is 0 Å². The second kappa shape index (κ2) is 5.68. The largest absolute Gasteiger partial charge is 0.338 e. The van der Waals surface area contributed by atoms with Crippen LogP contribution in [0.2, 0.25) is 0 Å². The SMILES string of the molecule is CC1CCCN(C(=O)c2ccc3ccccc3c2C=O)C1. The molecule has 0 aliphatic carbocycles. The number of aldehydes is 1. The highest BCUT2D eigenvalue weighted by atomic mass is 16.2. The number of carbonyl (C=O) groups excluding carboxylic acids is 2. The van der Waals surface area contributed by atoms with Crippen molar-refractivity contribution in [2.75, 3.05) is 13.1 Å². The van der Waals surface area contributed by atoms with Gasteiger partial charge in [0, 0.05) is 18.7 Å². The molecular formula is C18H19NO2. The lowest BCUT2D eigenvalue weighted by Gasteiger charge is -2.31. The summed E-state index contributed by atoms with van der Waals surface area (Å²) in [4.78, 5) is 26.1. The Kier molecular flexibility index (Phi) is 3.74. The molecule has 0 aromatic heterocycles. The van der Waals surface area contributed by atoms with Crippen molar-refractivity contribution >= 4 is 23.0 Å². The molecule has 0 bridgehead atoms. The first-order valence-electron chi connectivity index (χ1n) is 7.47. The first-order chi connectivity index (χ1) is 10.2. The summed E-state index contributed by atoms with van der Waals surface area (Å²) in [5.74, 6) is 0.511. The van der Waals surface area contributed by atoms with E-state index in [9.17, 15) is 9.59 Å². The topological polar surface area (TPSA) is 37.4 Å². The Morgan fingerprint density at radius 1 is 1.24 bits per heavy atom. The van der Waals surface area contributed by atoms with Gasteiger partial charge >= 0.3 is 0 Å². The van der Waals surface area contributed by atoms with Crippen LogP contribution in [0.5, 0.6) is 0 Å². The molecular weight excluding hydrogens is 262 g/mol. The molecule has 0 radical (unpaired) electrons. The molecule has 1 fully saturated rings. The Labute approximate surface area is 124 Å². The lowest BCUT2D eigenvalue weighted by molar-refractivity contribution is 0.0681. The number of nitrogens with zero attached hydrogens (tertiary/aromatic N) is 1. The van der Waals surface area contributed by atoms with Crippen molar-refractivity contribution in [3.05, 3.63) is 47.5 Å². The van der Waals surface area contributed by atoms with Gasteiger partial charge in [-0.05, 0) is 35.6 Å². The molecule has 1 amide bonds. The van der Waals surface area contributed by atoms with Crippen LogP contribution in [0.4, 0.5) is 0 Å². The molecule has 2 aromatic rings. The van der Waals surface area contributed by atoms with Gasteiger partial charge in [0.25, 0.3) is 5.91 Å². The molecule has 108 valence electrons. The second-order valence-electron chi connectivity index (χ2n) is 5.86. The zero-order valence-corrected chi connectivity index (χ0v) is 12.2. The van der Waals surface area contributed by atoms with Crippen molar-refractivity contribution in [1.82, 2.24) is 4.90 Å². The Morgan fingerprint density at radius 2 is 2.05 bits per heavy atom. The third-order valence-corrected chi connectivity index (χ3v) is 4.26. The predicted molar refractivity (Wildman–Crippen MR) is 83.6 cm³/mol. The molecule has 3 rings (SSSR count). The molecule has 21 heavy (non-hydrogen) atoms. The van der Waals surface area contributed by atoms with Crippen LogP contribution in [0.1, 0.15) is 40.5 Å². The van der Waals surface area contributed by atoms with Gasteiger partial charge in [-0.15, -0.1) is 0 Å². The molecule has 3 heteroatoms. The molecule has 2 aromatic carbocycles. The summed E-state index contributed by atoms with van der Waals surface area (Å²) in [6, 6.07) is 11.4. The van der Waals surface area contributed by atoms with E-state index in [2.05, 4.69) is 6.92 Å². The fourth-order valence-electron chi connectivity index (χ4n) is 3.15. The maximum absolute atomic E-state index is 12.7. The van der Waals surface area contributed by atoms with E-state index in [4.69, 9.17) is 0 Å². The summed E-state index contributed by atoms with van der Waals surface area (Å²) < 4.78 is 0. The summed E-state index contributed by atoms with van der Waals surface area (Å²) in [6.45, 7) is 3.73. The van der Waals surface area contributed by atoms with Crippen LogP contribution in [-0.2, 0) is 0 Å². The minimum Gasteiger partial charge on any atom is -0.338 e. The molecule has 0 N–H and O–H groups in total. The van der Waals surface area contributed by atoms with Gasteiger partial charge in [-0.1, -0.05) is 37.3 Å². The molecule has 0 saturated carbocycles. The second-order valence-corrected chi connectivity index (χ2v) is 5.86. The van der Waals surface area contributed by atoms with Crippen molar-refractivity contribution in [2.45, 2.75) is 19.8 Å². The third kappa shape index (κ3) is 2.56. The number of benzene rings is 2. The standard InChI is InChI=1S/C18H19NO2/c1-13-5-4-10-19(11-13)18(21)16-9-8-14-6-2-3-7-15(14)17(16)12-20/h2-3,6-9,12-13H,4-5,10-11H2,1H3. The van der Waals surface area contributed by atoms with Crippen molar-refractivity contribution in [3.8, 4) is 0 Å². The molecule has 1 atom stereocenters. The molecule has 1 saturated heterocycles. The summed E-state index contributed by atoms with van der Waals surface area (Å²) in [5, 5.41) is 1.84. The molecule has 1 aliphatic heterocycles. The fourth-order valence-corrected chi connectivity index (χ4v) is 3.15. The number of hydrogen-bond donors (Lipinski definition) is 0. The van der Waals surface area contributed by atoms with E-state index in [0.717, 1.165) is 36.6 Å². The quantitative estimate of drug-likeness (QED) is 0.790. The zero-order valence-electron chi connectivity index (χ0n) is 12.2. The van der Waals surface area contributed by atoms with Gasteiger partial charge < -0.3 is 4.90 Å². The summed E-state index contributed by atoms with van der Waals surface area (Å²) in [6.07, 6.45) is 3.02. The summed E-state index contributed by atoms with van der Waals surface area (Å²) in [5.41, 5.74) is 1.04. The number of amides is 1. The van der Waals surface area contributed by atoms with Crippen LogP contribution in [-0.4, -0.2) is 30.2 Å². The maximum Gasteiger partial charge on any atom is 0.254 e. The predicted octanol–water partition coefficient (Wildman–Crippen LogP) is 3.52. The van der Waals surface area contributed by atoms with Gasteiger partial charge in [-0.2, -0.15) is 0 Å². The van der Waals surface area contributed by atoms with Crippen molar-refractivity contribution in [2.24, 2.45) is 5.92 Å². The number of carbonyl (C=O) groups is 2. The average Bonchev–Trinajstić information content (AvgIpc) is 2.53. The Balaban J connectivity index is 2.03. The lowest BCUT2D eigenvalue weighted by atomic mass is 9.96. The zero-order chi connectivity index (χ0) is 14.8. The van der Waals surface area contributed by atoms with Crippen molar-refractivity contribution in [3.63, 3.8) is 0 Å². The fraction of sp³-hybridized carbons (Fsp3) is 0.333. The number of rotatable bonds is 2. The van der Waals surface area contributed by atoms with E-state index < -0.39 is 0 Å². The number of fused-ring (bicyclic) bond motifs is 1. The van der Waals surface area contributed by atoms with Crippen LogP contribution in [0.25, 0.3) is 10.8 Å². The summed E-state index contributed by atoms with van der Waals surface area (Å²) >= 11 is 0. The highest BCUT2D eigenvalue weighted by Crippen LogP contribution is 2.24. The average molecular weight is 281 g/mol. The van der Waals surface area contributed by atoms with Crippen molar-refractivity contribution < 1.29 is 9.59 Å². The minimum atomic E-state index is -0.0191. The van der Waals surface area contributed by atoms with E-state index in [0.29, 0.717) is 17.0 Å². The maximum atomic E-state index is 12.7. The van der Waals surface area contributed by atoms with Gasteiger partial charge in [0.1, 0.15) is 0 Å². The van der Waals surface area contributed by atoms with Crippen LogP contribution >= 0.6 is 0 Å². The number of likely N-dealkylation sites (tertiary alicyclic amines) is 1. The first kappa shape index (κ1) is 13.8. The monoisotopic (exact) mass is 281 g/mol. The minimum absolute atomic E-state index is 0.0191. The summed E-state index contributed by atoms with van der Waals surface area (Å²) in [7, 11) is 0. The molecule has 1 aliphatic rings. The molecule has 3 nitrogen and oxygen atoms in total. The van der Waals surface area contributed by atoms with Crippen LogP contribution in [0, 0.1) is 5.92 Å². The Morgan fingerprint density at radius 3 is 2.81 bits per heavy atom. The van der Waals surface area contributed by atoms with E-state index in [-0.39, 0.29) is 5.91 Å². The highest BCUT2D eigenvalue weighted by Gasteiger charge is 2.24. The van der Waals surface area contributed by atoms with Crippen LogP contribution in [0.15, 0.2) is 36.4 Å². The lowest BCUT2D eigenvalue weighted by Crippen LogP contribution is -2.39. The van der Waals surface area contributed by atoms with Gasteiger partial charge in [0.05, 0.1) is 5.56 Å². The van der Waals surface area contributed by atoms with Gasteiger partial charge in [0.2, 0.25) is 0 Å². The van der Waals surface area contributed by atoms with Crippen LogP contribution in [0.3, 0.4) is 0 Å². The van der Waals surface area contributed by atoms with E-state index in [1.807, 2.05) is 35.2 Å². The normalized spacial score (nSPS) is 18.7. The number of hydrogen-bond acceptors (Lipinski definition) is 2. The first-order valence-corrected chi connectivity index (χ1v) is 7.47. The van der Waals surface area contributed by atoms with Crippen molar-refractivity contribution in [1.29, 1.82) is 0 Å². The highest BCUT2D eigenvalue weighted by molar-refractivity contribution is 6.09. The molecule has 0 spiro atoms. The van der Waals surface area contributed by atoms with Gasteiger partial charge in [-0.25, -0.2) is 0 Å². The van der Waals surface area contributed by atoms with Crippen LogP contribution < -0.4 is 0 Å². The van der Waals surface area contributed by atoms with Gasteiger partial charge in [0.15, 0.2) is 6.29 Å². The Hall–Kier alpha value is -2.16. The smallest absolute Gasteiger partial charge is 0.254 e. The third-order valence-electron chi connectivity index (χ3n) is 4.26. The molecule has 1 unspecified atom stereocenters. The Bertz CT molecular complexity index is 693.